The zero-order valence-corrected chi connectivity index (χ0v) is 20.9. The van der Waals surface area contributed by atoms with Crippen molar-refractivity contribution in [3.05, 3.63) is 46.5 Å². The number of unbranched alkanes of at least 4 members (excludes halogenated alkanes) is 3. The molecule has 34 heavy (non-hydrogen) atoms. The monoisotopic (exact) mass is 508 g/mol. The molecule has 2 aromatic rings. The van der Waals surface area contributed by atoms with Gasteiger partial charge in [0.25, 0.3) is 10.0 Å². The molecule has 1 N–H and O–H groups in total. The van der Waals surface area contributed by atoms with Crippen molar-refractivity contribution in [2.45, 2.75) is 50.0 Å². The van der Waals surface area contributed by atoms with Crippen LogP contribution in [0, 0.1) is 0 Å². The minimum Gasteiger partial charge on any atom is -0.466 e. The number of halogens is 1. The lowest BCUT2D eigenvalue weighted by Gasteiger charge is -2.22. The third kappa shape index (κ3) is 4.96. The van der Waals surface area contributed by atoms with E-state index in [-0.39, 0.29) is 23.7 Å². The molecule has 2 aliphatic heterocycles. The van der Waals surface area contributed by atoms with Gasteiger partial charge in [-0.2, -0.15) is 0 Å². The van der Waals surface area contributed by atoms with E-state index >= 15 is 0 Å². The average Bonchev–Trinajstić information content (AvgIpc) is 3.25. The minimum atomic E-state index is -3.83. The van der Waals surface area contributed by atoms with Gasteiger partial charge in [-0.25, -0.2) is 8.42 Å². The summed E-state index contributed by atoms with van der Waals surface area (Å²) in [5, 5.41) is 3.90. The van der Waals surface area contributed by atoms with Crippen LogP contribution < -0.4 is 19.1 Å². The largest absolute Gasteiger partial charge is 0.466 e. The lowest BCUT2D eigenvalue weighted by atomic mass is 9.96. The number of sulfonamides is 1. The number of carbonyl (C=O) groups excluding carboxylic acids is 1. The van der Waals surface area contributed by atoms with Gasteiger partial charge in [-0.15, -0.1) is 0 Å². The van der Waals surface area contributed by atoms with Crippen LogP contribution in [-0.4, -0.2) is 41.4 Å². The molecule has 0 bridgehead atoms. The topological polar surface area (TPSA) is 94.2 Å². The highest BCUT2D eigenvalue weighted by Gasteiger charge is 2.36. The molecule has 2 heterocycles. The average molecular weight is 509 g/mol. The van der Waals surface area contributed by atoms with Crippen molar-refractivity contribution in [2.24, 2.45) is 0 Å². The molecular formula is C24H29ClN2O6S. The van der Waals surface area contributed by atoms with E-state index in [2.05, 4.69) is 5.32 Å². The van der Waals surface area contributed by atoms with Gasteiger partial charge in [-0.1, -0.05) is 30.5 Å². The lowest BCUT2D eigenvalue weighted by molar-refractivity contribution is -0.143. The predicted octanol–water partition coefficient (Wildman–Crippen LogP) is 4.40. The van der Waals surface area contributed by atoms with E-state index in [0.717, 1.165) is 31.2 Å². The highest BCUT2D eigenvalue weighted by Crippen LogP contribution is 2.46. The third-order valence-electron chi connectivity index (χ3n) is 6.06. The number of hydrogen-bond acceptors (Lipinski definition) is 7. The van der Waals surface area contributed by atoms with E-state index in [1.165, 1.54) is 17.4 Å². The van der Waals surface area contributed by atoms with Crippen LogP contribution in [0.1, 0.15) is 56.2 Å². The van der Waals surface area contributed by atoms with Gasteiger partial charge in [-0.05, 0) is 50.1 Å². The number of fused-ring (bicyclic) bond motifs is 3. The van der Waals surface area contributed by atoms with E-state index < -0.39 is 10.0 Å². The number of nitrogens with zero attached hydrogens (tertiary/aromatic N) is 1. The molecule has 0 amide bonds. The number of nitrogens with one attached hydrogen (secondary N) is 1. The normalized spacial score (nSPS) is 17.6. The van der Waals surface area contributed by atoms with Gasteiger partial charge in [0.2, 0.25) is 6.79 Å². The molecule has 0 saturated heterocycles. The second-order valence-electron chi connectivity index (χ2n) is 8.28. The van der Waals surface area contributed by atoms with Crippen LogP contribution in [0.2, 0.25) is 5.02 Å². The molecular weight excluding hydrogens is 480 g/mol. The Morgan fingerprint density at radius 3 is 2.62 bits per heavy atom. The summed E-state index contributed by atoms with van der Waals surface area (Å²) in [6.07, 6.45) is 3.97. The molecule has 8 nitrogen and oxygen atoms in total. The van der Waals surface area contributed by atoms with Crippen LogP contribution in [0.15, 0.2) is 35.2 Å². The Morgan fingerprint density at radius 2 is 1.85 bits per heavy atom. The summed E-state index contributed by atoms with van der Waals surface area (Å²) in [4.78, 5) is 11.6. The van der Waals surface area contributed by atoms with Crippen LogP contribution in [-0.2, 0) is 19.6 Å². The van der Waals surface area contributed by atoms with Crippen molar-refractivity contribution in [1.82, 2.24) is 5.32 Å². The van der Waals surface area contributed by atoms with Gasteiger partial charge in [0.1, 0.15) is 0 Å². The van der Waals surface area contributed by atoms with Crippen LogP contribution in [0.5, 0.6) is 11.5 Å². The summed E-state index contributed by atoms with van der Waals surface area (Å²) in [6.45, 7) is 2.98. The number of rotatable bonds is 9. The molecule has 0 saturated carbocycles. The zero-order chi connectivity index (χ0) is 24.3. The van der Waals surface area contributed by atoms with Crippen LogP contribution in [0.25, 0.3) is 0 Å². The maximum atomic E-state index is 13.5. The highest BCUT2D eigenvalue weighted by atomic mass is 35.5. The van der Waals surface area contributed by atoms with Gasteiger partial charge in [0.15, 0.2) is 11.5 Å². The summed E-state index contributed by atoms with van der Waals surface area (Å²) in [5.74, 6) is 0.952. The van der Waals surface area contributed by atoms with E-state index in [0.29, 0.717) is 47.3 Å². The Kier molecular flexibility index (Phi) is 7.54. The quantitative estimate of drug-likeness (QED) is 0.396. The molecule has 1 atom stereocenters. The first kappa shape index (κ1) is 24.6. The Bertz CT molecular complexity index is 1170. The molecule has 2 aliphatic rings. The highest BCUT2D eigenvalue weighted by molar-refractivity contribution is 7.92. The smallest absolute Gasteiger partial charge is 0.305 e. The molecule has 0 spiro atoms. The predicted molar refractivity (Wildman–Crippen MR) is 129 cm³/mol. The SMILES string of the molecule is CCOC(=O)CCCCCCNC1c2cc3c(cc2N(C)S(=O)(=O)c2cc(Cl)ccc21)OCO3. The summed E-state index contributed by atoms with van der Waals surface area (Å²) < 4.78 is 44.2. The van der Waals surface area contributed by atoms with E-state index in [1.54, 1.807) is 25.1 Å². The first-order valence-corrected chi connectivity index (χ1v) is 13.3. The molecule has 0 aromatic heterocycles. The Hall–Kier alpha value is -2.49. The molecule has 184 valence electrons. The third-order valence-corrected chi connectivity index (χ3v) is 8.12. The summed E-state index contributed by atoms with van der Waals surface area (Å²) >= 11 is 6.19. The van der Waals surface area contributed by atoms with Crippen molar-refractivity contribution >= 4 is 33.3 Å². The Labute approximate surface area is 205 Å². The first-order chi connectivity index (χ1) is 16.3. The van der Waals surface area contributed by atoms with Crippen LogP contribution in [0.3, 0.4) is 0 Å². The van der Waals surface area contributed by atoms with Gasteiger partial charge < -0.3 is 19.5 Å². The van der Waals surface area contributed by atoms with E-state index in [4.69, 9.17) is 25.8 Å². The lowest BCUT2D eigenvalue weighted by Crippen LogP contribution is -2.26. The molecule has 1 unspecified atom stereocenters. The number of ether oxygens (including phenoxy) is 3. The van der Waals surface area contributed by atoms with Crippen molar-refractivity contribution in [3.63, 3.8) is 0 Å². The number of anilines is 1. The molecule has 10 heteroatoms. The summed E-state index contributed by atoms with van der Waals surface area (Å²) in [7, 11) is -2.30. The minimum absolute atomic E-state index is 0.102. The number of carbonyl (C=O) groups is 1. The number of benzene rings is 2. The fourth-order valence-corrected chi connectivity index (χ4v) is 6.02. The fourth-order valence-electron chi connectivity index (χ4n) is 4.31. The maximum Gasteiger partial charge on any atom is 0.305 e. The van der Waals surface area contributed by atoms with Crippen molar-refractivity contribution in [1.29, 1.82) is 0 Å². The molecule has 0 radical (unpaired) electrons. The van der Waals surface area contributed by atoms with E-state index in [1.807, 2.05) is 6.07 Å². The Morgan fingerprint density at radius 1 is 1.12 bits per heavy atom. The van der Waals surface area contributed by atoms with Crippen LogP contribution in [0.4, 0.5) is 5.69 Å². The number of esters is 1. The van der Waals surface area contributed by atoms with Gasteiger partial charge in [-0.3, -0.25) is 9.10 Å². The summed E-state index contributed by atoms with van der Waals surface area (Å²) in [5.41, 5.74) is 1.96. The van der Waals surface area contributed by atoms with E-state index in [9.17, 15) is 13.2 Å². The second kappa shape index (κ2) is 10.4. The molecule has 4 rings (SSSR count). The zero-order valence-electron chi connectivity index (χ0n) is 19.3. The van der Waals surface area contributed by atoms with Crippen molar-refractivity contribution in [2.75, 3.05) is 31.3 Å². The maximum absolute atomic E-state index is 13.5. The van der Waals surface area contributed by atoms with Gasteiger partial charge in [0.05, 0.1) is 23.2 Å². The molecule has 2 aromatic carbocycles. The summed E-state index contributed by atoms with van der Waals surface area (Å²) in [6, 6.07) is 8.16. The standard InChI is InChI=1S/C24H29ClN2O6S/c1-3-31-23(28)8-6-4-5-7-11-26-24-17-10-9-16(25)12-22(17)34(29,30)27(2)19-14-21-20(13-18(19)24)32-15-33-21/h9-10,12-14,24,26H,3-8,11,15H2,1-2H3. The van der Waals surface area contributed by atoms with Crippen LogP contribution >= 0.6 is 11.6 Å². The first-order valence-electron chi connectivity index (χ1n) is 11.4. The number of hydrogen-bond donors (Lipinski definition) is 1. The molecule has 0 aliphatic carbocycles. The van der Waals surface area contributed by atoms with Crippen molar-refractivity contribution < 1.29 is 27.4 Å². The molecule has 0 fully saturated rings. The fraction of sp³-hybridized carbons (Fsp3) is 0.458. The van der Waals surface area contributed by atoms with Crippen molar-refractivity contribution in [3.8, 4) is 11.5 Å². The second-order valence-corrected chi connectivity index (χ2v) is 10.6. The van der Waals surface area contributed by atoms with Gasteiger partial charge in [0, 0.05) is 30.1 Å². The van der Waals surface area contributed by atoms with Gasteiger partial charge >= 0.3 is 5.97 Å². The Balaban J connectivity index is 1.56.